The largest absolute Gasteiger partial charge is 0.573 e. The summed E-state index contributed by atoms with van der Waals surface area (Å²) in [6, 6.07) is 19.1. The van der Waals surface area contributed by atoms with Gasteiger partial charge in [0.25, 0.3) is 0 Å². The summed E-state index contributed by atoms with van der Waals surface area (Å²) in [5.74, 6) is -1.14. The van der Waals surface area contributed by atoms with Crippen LogP contribution in [-0.4, -0.2) is 33.5 Å². The van der Waals surface area contributed by atoms with Gasteiger partial charge in [-0.3, -0.25) is 0 Å². The molecular formula is C28H29F6NO4Si. The molecule has 1 amide bonds. The van der Waals surface area contributed by atoms with E-state index in [2.05, 4.69) is 34.4 Å². The average Bonchev–Trinajstić information content (AvgIpc) is 2.81. The van der Waals surface area contributed by atoms with E-state index in [1.807, 2.05) is 0 Å². The van der Waals surface area contributed by atoms with Crippen LogP contribution >= 0.6 is 0 Å². The first kappa shape index (κ1) is 30.9. The molecule has 3 aromatic rings. The van der Waals surface area contributed by atoms with Gasteiger partial charge >= 0.3 is 18.8 Å². The minimum Gasteiger partial charge on any atom is -0.450 e. The number of benzene rings is 3. The molecule has 0 atom stereocenters. The van der Waals surface area contributed by atoms with Crippen molar-refractivity contribution in [2.45, 2.75) is 50.4 Å². The molecule has 3 aromatic carbocycles. The summed E-state index contributed by atoms with van der Waals surface area (Å²) in [4.78, 5) is 13.2. The van der Waals surface area contributed by atoms with Gasteiger partial charge in [0, 0.05) is 14.5 Å². The fraction of sp³-hybridized carbons (Fsp3) is 0.321. The predicted octanol–water partition coefficient (Wildman–Crippen LogP) is 8.03. The van der Waals surface area contributed by atoms with Gasteiger partial charge in [0.2, 0.25) is 0 Å². The van der Waals surface area contributed by atoms with Crippen LogP contribution in [0.1, 0.15) is 16.7 Å². The molecule has 0 radical (unpaired) electrons. The number of carbonyl (C=O) groups excluding carboxylic acids is 1. The molecule has 5 nitrogen and oxygen atoms in total. The SMILES string of the molecule is C[Si](C)(C)CCOC(=O)NC(Cc1ccccc1)(c1cccc(OC(F)(F)F)c1)c1cccc(OC(F)(F)F)c1. The Morgan fingerprint density at radius 3 is 1.70 bits per heavy atom. The van der Waals surface area contributed by atoms with E-state index in [9.17, 15) is 31.1 Å². The van der Waals surface area contributed by atoms with Gasteiger partial charge in [-0.25, -0.2) is 4.79 Å². The van der Waals surface area contributed by atoms with Crippen molar-refractivity contribution >= 4 is 14.2 Å². The van der Waals surface area contributed by atoms with Gasteiger partial charge in [-0.1, -0.05) is 74.2 Å². The molecular weight excluding hydrogens is 556 g/mol. The first-order valence-corrected chi connectivity index (χ1v) is 16.0. The first-order valence-electron chi connectivity index (χ1n) is 12.3. The van der Waals surface area contributed by atoms with Crippen LogP contribution in [0.25, 0.3) is 0 Å². The van der Waals surface area contributed by atoms with Crippen molar-refractivity contribution in [1.82, 2.24) is 5.32 Å². The molecule has 0 aliphatic heterocycles. The Balaban J connectivity index is 2.18. The van der Waals surface area contributed by atoms with Gasteiger partial charge < -0.3 is 19.5 Å². The number of hydrogen-bond acceptors (Lipinski definition) is 4. The number of alkyl carbamates (subject to hydrolysis) is 1. The maximum Gasteiger partial charge on any atom is 0.573 e. The van der Waals surface area contributed by atoms with E-state index in [1.165, 1.54) is 24.3 Å². The molecule has 40 heavy (non-hydrogen) atoms. The molecule has 0 aliphatic rings. The van der Waals surface area contributed by atoms with E-state index in [1.54, 1.807) is 30.3 Å². The van der Waals surface area contributed by atoms with Crippen molar-refractivity contribution in [2.24, 2.45) is 0 Å². The zero-order valence-corrected chi connectivity index (χ0v) is 23.0. The number of carbonyl (C=O) groups is 1. The number of rotatable bonds is 10. The lowest BCUT2D eigenvalue weighted by molar-refractivity contribution is -0.275. The molecule has 12 heteroatoms. The van der Waals surface area contributed by atoms with Crippen LogP contribution in [0.3, 0.4) is 0 Å². The molecule has 216 valence electrons. The Hall–Kier alpha value is -3.67. The van der Waals surface area contributed by atoms with E-state index in [0.717, 1.165) is 24.3 Å². The van der Waals surface area contributed by atoms with Crippen LogP contribution in [0, 0.1) is 0 Å². The molecule has 0 bridgehead atoms. The lowest BCUT2D eigenvalue weighted by Gasteiger charge is -2.36. The standard InChI is InChI=1S/C28H29F6NO4Si/c1-40(2,3)16-15-37-25(36)35-26(19-20-9-5-4-6-10-20,21-11-7-13-23(17-21)38-27(29,30)31)22-12-8-14-24(18-22)39-28(32,33)34/h4-14,17-18H,15-16,19H2,1-3H3,(H,35,36). The quantitative estimate of drug-likeness (QED) is 0.193. The molecule has 0 heterocycles. The van der Waals surface area contributed by atoms with Crippen molar-refractivity contribution in [3.63, 3.8) is 0 Å². The lowest BCUT2D eigenvalue weighted by Crippen LogP contribution is -2.49. The van der Waals surface area contributed by atoms with Crippen molar-refractivity contribution in [2.75, 3.05) is 6.61 Å². The van der Waals surface area contributed by atoms with Crippen molar-refractivity contribution < 1.29 is 45.3 Å². The molecule has 0 aromatic heterocycles. The van der Waals surface area contributed by atoms with E-state index in [-0.39, 0.29) is 24.2 Å². The third-order valence-electron chi connectivity index (χ3n) is 5.83. The van der Waals surface area contributed by atoms with Gasteiger partial charge in [0.1, 0.15) is 11.5 Å². The van der Waals surface area contributed by atoms with Gasteiger partial charge in [-0.15, -0.1) is 26.3 Å². The fourth-order valence-corrected chi connectivity index (χ4v) is 4.75. The van der Waals surface area contributed by atoms with Crippen LogP contribution in [0.2, 0.25) is 25.7 Å². The molecule has 3 rings (SSSR count). The number of ether oxygens (including phenoxy) is 3. The summed E-state index contributed by atoms with van der Waals surface area (Å²) in [7, 11) is -1.58. The summed E-state index contributed by atoms with van der Waals surface area (Å²) in [5.41, 5.74) is -0.823. The van der Waals surface area contributed by atoms with Gasteiger partial charge in [0.05, 0.1) is 12.1 Å². The van der Waals surface area contributed by atoms with Crippen LogP contribution < -0.4 is 14.8 Å². The summed E-state index contributed by atoms with van der Waals surface area (Å²) >= 11 is 0. The monoisotopic (exact) mass is 585 g/mol. The number of amides is 1. The second-order valence-electron chi connectivity index (χ2n) is 10.3. The third kappa shape index (κ3) is 9.51. The van der Waals surface area contributed by atoms with Crippen LogP contribution in [-0.2, 0) is 16.7 Å². The van der Waals surface area contributed by atoms with Crippen molar-refractivity contribution in [1.29, 1.82) is 0 Å². The molecule has 0 unspecified atom stereocenters. The lowest BCUT2D eigenvalue weighted by atomic mass is 9.78. The number of nitrogens with one attached hydrogen (secondary N) is 1. The second-order valence-corrected chi connectivity index (χ2v) is 15.9. The highest BCUT2D eigenvalue weighted by Gasteiger charge is 2.40. The highest BCUT2D eigenvalue weighted by Crippen LogP contribution is 2.38. The normalized spacial score (nSPS) is 12.5. The van der Waals surface area contributed by atoms with Gasteiger partial charge in [-0.2, -0.15) is 0 Å². The topological polar surface area (TPSA) is 56.8 Å². The highest BCUT2D eigenvalue weighted by molar-refractivity contribution is 6.76. The Kier molecular flexibility index (Phi) is 9.44. The summed E-state index contributed by atoms with van der Waals surface area (Å²) in [5, 5.41) is 2.76. The predicted molar refractivity (Wildman–Crippen MR) is 140 cm³/mol. The minimum atomic E-state index is -5.00. The number of halogens is 6. The molecule has 0 spiro atoms. The zero-order valence-electron chi connectivity index (χ0n) is 22.0. The van der Waals surface area contributed by atoms with Gasteiger partial charge in [0.15, 0.2) is 0 Å². The van der Waals surface area contributed by atoms with E-state index in [4.69, 9.17) is 4.74 Å². The molecule has 0 saturated carbocycles. The second kappa shape index (κ2) is 12.2. The molecule has 0 saturated heterocycles. The van der Waals surface area contributed by atoms with Crippen LogP contribution in [0.4, 0.5) is 31.1 Å². The van der Waals surface area contributed by atoms with E-state index < -0.39 is 43.9 Å². The minimum absolute atomic E-state index is 0.0537. The van der Waals surface area contributed by atoms with Crippen LogP contribution in [0.15, 0.2) is 78.9 Å². The summed E-state index contributed by atoms with van der Waals surface area (Å²) < 4.78 is 92.0. The maximum atomic E-state index is 13.2. The summed E-state index contributed by atoms with van der Waals surface area (Å²) in [6.07, 6.45) is -10.9. The summed E-state index contributed by atoms with van der Waals surface area (Å²) in [6.45, 7) is 6.36. The highest BCUT2D eigenvalue weighted by atomic mass is 28.3. The third-order valence-corrected chi connectivity index (χ3v) is 7.54. The van der Waals surface area contributed by atoms with Crippen LogP contribution in [0.5, 0.6) is 11.5 Å². The smallest absolute Gasteiger partial charge is 0.450 e. The maximum absolute atomic E-state index is 13.2. The number of hydrogen-bond donors (Lipinski definition) is 1. The Labute approximate surface area is 229 Å². The van der Waals surface area contributed by atoms with Crippen molar-refractivity contribution in [3.8, 4) is 11.5 Å². The van der Waals surface area contributed by atoms with Crippen molar-refractivity contribution in [3.05, 3.63) is 95.6 Å². The number of alkyl halides is 6. The van der Waals surface area contributed by atoms with Gasteiger partial charge in [-0.05, 0) is 47.0 Å². The molecule has 0 fully saturated rings. The Morgan fingerprint density at radius 1 is 0.750 bits per heavy atom. The Morgan fingerprint density at radius 2 is 1.25 bits per heavy atom. The first-order chi connectivity index (χ1) is 18.5. The van der Waals surface area contributed by atoms with E-state index >= 15 is 0 Å². The zero-order chi connectivity index (χ0) is 29.6. The fourth-order valence-electron chi connectivity index (χ4n) is 4.04. The average molecular weight is 586 g/mol. The molecule has 1 N–H and O–H groups in total. The molecule has 0 aliphatic carbocycles. The van der Waals surface area contributed by atoms with E-state index in [0.29, 0.717) is 11.6 Å². The Bertz CT molecular complexity index is 1220.